The fourth-order valence-corrected chi connectivity index (χ4v) is 11.5. The van der Waals surface area contributed by atoms with E-state index in [-0.39, 0.29) is 23.5 Å². The summed E-state index contributed by atoms with van der Waals surface area (Å²) < 4.78 is 22.6. The van der Waals surface area contributed by atoms with Crippen LogP contribution in [-0.2, 0) is 23.9 Å². The maximum atomic E-state index is 13.6. The van der Waals surface area contributed by atoms with Gasteiger partial charge in [-0.3, -0.25) is 14.2 Å². The highest BCUT2D eigenvalue weighted by Crippen LogP contribution is 2.43. The zero-order valence-electron chi connectivity index (χ0n) is 62.4. The molecule has 0 saturated heterocycles. The van der Waals surface area contributed by atoms with E-state index >= 15 is 0 Å². The Bertz CT molecular complexity index is 3020. The third kappa shape index (κ3) is 29.8. The molecule has 1 aromatic heterocycles. The number of esters is 1. The molecule has 516 valence electrons. The van der Waals surface area contributed by atoms with E-state index in [9.17, 15) is 23.6 Å². The number of aldehydes is 1. The Morgan fingerprint density at radius 3 is 1.91 bits per heavy atom. The first-order valence-electron chi connectivity index (χ1n) is 34.9. The molecule has 0 saturated carbocycles. The molecule has 9 nitrogen and oxygen atoms in total. The zero-order chi connectivity index (χ0) is 70.3. The minimum absolute atomic E-state index is 0.126. The molecule has 0 amide bonds. The van der Waals surface area contributed by atoms with E-state index in [0.717, 1.165) is 132 Å². The number of aryl methyl sites for hydroxylation is 2. The third-order valence-corrected chi connectivity index (χ3v) is 17.5. The number of pyridine rings is 1. The number of likely N-dealkylation sites (N-methyl/N-ethyl adjacent to an activating group) is 1. The summed E-state index contributed by atoms with van der Waals surface area (Å²) in [5.74, 6) is 2.27. The fourth-order valence-electron chi connectivity index (χ4n) is 11.2. The van der Waals surface area contributed by atoms with Gasteiger partial charge in [0.2, 0.25) is 0 Å². The van der Waals surface area contributed by atoms with Crippen molar-refractivity contribution in [1.29, 1.82) is 0 Å². The average molecular weight is 1290 g/mol. The van der Waals surface area contributed by atoms with E-state index in [1.165, 1.54) is 56.3 Å². The molecule has 0 aliphatic carbocycles. The normalized spacial score (nSPS) is 14.4. The van der Waals surface area contributed by atoms with E-state index in [0.29, 0.717) is 57.8 Å². The molecular weight excluding hydrogens is 1170 g/mol. The van der Waals surface area contributed by atoms with Crippen LogP contribution in [0.2, 0.25) is 5.02 Å². The molecule has 5 aromatic rings. The van der Waals surface area contributed by atoms with Gasteiger partial charge in [-0.15, -0.1) is 0 Å². The number of hydrogen-bond donors (Lipinski definition) is 0. The van der Waals surface area contributed by atoms with Gasteiger partial charge in [0.05, 0.1) is 39.9 Å². The highest BCUT2D eigenvalue weighted by atomic mass is 35.5. The number of para-hydroxylation sites is 1. The number of ether oxygens (including phenoxy) is 2. The Hall–Kier alpha value is -5.55. The molecule has 4 unspecified atom stereocenters. The Kier molecular flexibility index (Phi) is 43.7. The summed E-state index contributed by atoms with van der Waals surface area (Å²) >= 11 is 7.00. The number of carbonyl (C=O) groups is 4. The lowest BCUT2D eigenvalue weighted by Crippen LogP contribution is -2.51. The molecule has 4 aromatic carbocycles. The van der Waals surface area contributed by atoms with Gasteiger partial charge in [0, 0.05) is 69.8 Å². The highest BCUT2D eigenvalue weighted by molar-refractivity contribution is 6.32. The van der Waals surface area contributed by atoms with Crippen molar-refractivity contribution in [3.05, 3.63) is 129 Å². The topological polar surface area (TPSA) is 103 Å². The summed E-state index contributed by atoms with van der Waals surface area (Å²) in [7, 11) is 7.26. The first-order chi connectivity index (χ1) is 43.6. The minimum atomic E-state index is -0.580. The molecular formula is C81H128ClFN3O6+. The summed E-state index contributed by atoms with van der Waals surface area (Å²) in [6.45, 7) is 45.6. The number of aromatic nitrogens is 1. The molecule has 0 spiro atoms. The molecule has 1 aliphatic rings. The van der Waals surface area contributed by atoms with Crippen molar-refractivity contribution in [2.45, 2.75) is 252 Å². The predicted molar refractivity (Wildman–Crippen MR) is 396 cm³/mol. The number of fused-ring (bicyclic) bond motifs is 2. The van der Waals surface area contributed by atoms with Gasteiger partial charge in [0.15, 0.2) is 0 Å². The standard InChI is InChI=1S/C38H49ClNO3.C20H25NO2.C7H17N.C7H16.C6H12O.C2H6.CH3F/c1-10-29(37(41)43-38(5,6)7)32(18-14-24-42-34-19-13-16-28-15-11-12-17-31(28)34)30-20-21-33(39)36(26(30)3)35-25(2)22-23-40(8,9)27(35)4;1-5-7-19(23)17(11-10-14(3)22)18-12-16-9-6-8-13(2)20(16)21-15(18)4;1-4-6-8(3)7-5-2;1-4-6-7(3)5-2;1-3-6(2)4-5-7;2*1-2/h11-13,15-17,19-21,27H,10,14,18,22-24H2,1-9H3;6,8-9,12,17H,5,7,10-11H2,1-4H3;4-7H2,1-3H3;7H,4-6H2,1-3H3;5-6H,3-4H2,1-2H3;1-2H3;1H3/q+1;;;;;;/b32-29+;;;;;;. The van der Waals surface area contributed by atoms with Gasteiger partial charge < -0.3 is 28.4 Å². The number of carbonyl (C=O) groups excluding carboxylic acids is 4. The van der Waals surface area contributed by atoms with Crippen LogP contribution in [0.5, 0.6) is 5.75 Å². The molecule has 92 heavy (non-hydrogen) atoms. The number of rotatable bonds is 26. The van der Waals surface area contributed by atoms with Crippen molar-refractivity contribution in [1.82, 2.24) is 9.88 Å². The van der Waals surface area contributed by atoms with Crippen LogP contribution in [0.15, 0.2) is 90.0 Å². The van der Waals surface area contributed by atoms with Crippen molar-refractivity contribution >= 4 is 68.2 Å². The Labute approximate surface area is 565 Å². The second-order valence-electron chi connectivity index (χ2n) is 26.3. The van der Waals surface area contributed by atoms with Crippen molar-refractivity contribution in [2.24, 2.45) is 11.8 Å². The summed E-state index contributed by atoms with van der Waals surface area (Å²) in [5.41, 5.74) is 11.2. The Balaban J connectivity index is 0.00000140. The SMILES string of the molecule is CC.CC/C(C(=O)OC(C)(C)C)=C(/CCCOc1cccc2ccccc12)c1ccc(Cl)c(C2=C(C)CC[N+](C)(C)C2C)c1C.CCC(C)CC=O.CCCC(=O)C(CCC(C)=O)c1cc2cccc(C)c2nc1C.CCCC(C)CC.CCCN(C)CCC.CF. The molecule has 0 fully saturated rings. The number of allylic oxidation sites excluding steroid dienone is 1. The number of halogens is 2. The van der Waals surface area contributed by atoms with Crippen molar-refractivity contribution in [2.75, 3.05) is 54.6 Å². The van der Waals surface area contributed by atoms with E-state index in [1.54, 1.807) is 6.92 Å². The van der Waals surface area contributed by atoms with Crippen LogP contribution in [0.25, 0.3) is 32.8 Å². The quantitative estimate of drug-likeness (QED) is 0.0177. The highest BCUT2D eigenvalue weighted by Gasteiger charge is 2.36. The van der Waals surface area contributed by atoms with Crippen LogP contribution in [0.1, 0.15) is 253 Å². The maximum Gasteiger partial charge on any atom is 0.334 e. The number of ketones is 2. The number of nitrogens with zero attached hydrogens (tertiary/aromatic N) is 3. The second-order valence-corrected chi connectivity index (χ2v) is 26.7. The number of benzene rings is 4. The fraction of sp³-hybridized carbons (Fsp3) is 0.593. The summed E-state index contributed by atoms with van der Waals surface area (Å²) in [6, 6.07) is 27.0. The zero-order valence-corrected chi connectivity index (χ0v) is 63.1. The molecule has 0 radical (unpaired) electrons. The number of quaternary nitrogens is 1. The first-order valence-corrected chi connectivity index (χ1v) is 35.3. The van der Waals surface area contributed by atoms with Crippen LogP contribution in [-0.4, -0.2) is 104 Å². The molecule has 0 N–H and O–H groups in total. The van der Waals surface area contributed by atoms with Crippen LogP contribution >= 0.6 is 11.6 Å². The van der Waals surface area contributed by atoms with Gasteiger partial charge in [-0.1, -0.05) is 180 Å². The summed E-state index contributed by atoms with van der Waals surface area (Å²) in [5, 5.41) is 4.08. The lowest BCUT2D eigenvalue weighted by Gasteiger charge is -2.42. The minimum Gasteiger partial charge on any atom is -0.493 e. The summed E-state index contributed by atoms with van der Waals surface area (Å²) in [6.07, 6.45) is 14.9. The lowest BCUT2D eigenvalue weighted by atomic mass is 9.82. The van der Waals surface area contributed by atoms with Gasteiger partial charge in [-0.05, 0) is 191 Å². The van der Waals surface area contributed by atoms with Crippen LogP contribution in [0.3, 0.4) is 0 Å². The van der Waals surface area contributed by atoms with Crippen molar-refractivity contribution in [3.63, 3.8) is 0 Å². The van der Waals surface area contributed by atoms with Crippen LogP contribution in [0.4, 0.5) is 4.39 Å². The van der Waals surface area contributed by atoms with E-state index in [2.05, 4.69) is 126 Å². The van der Waals surface area contributed by atoms with E-state index < -0.39 is 5.60 Å². The molecule has 11 heteroatoms. The van der Waals surface area contributed by atoms with Gasteiger partial charge in [0.25, 0.3) is 0 Å². The molecule has 4 atom stereocenters. The van der Waals surface area contributed by atoms with E-state index in [1.807, 2.05) is 111 Å². The largest absolute Gasteiger partial charge is 0.493 e. The van der Waals surface area contributed by atoms with Crippen molar-refractivity contribution in [3.8, 4) is 5.75 Å². The summed E-state index contributed by atoms with van der Waals surface area (Å²) in [4.78, 5) is 54.4. The van der Waals surface area contributed by atoms with Crippen LogP contribution < -0.4 is 4.74 Å². The number of alkyl halides is 1. The van der Waals surface area contributed by atoms with Gasteiger partial charge in [-0.25, -0.2) is 4.79 Å². The van der Waals surface area contributed by atoms with Gasteiger partial charge in [-0.2, -0.15) is 0 Å². The average Bonchev–Trinajstić information content (AvgIpc) is 0.773. The van der Waals surface area contributed by atoms with E-state index in [4.69, 9.17) is 26.1 Å². The molecule has 0 bridgehead atoms. The van der Waals surface area contributed by atoms with Gasteiger partial charge >= 0.3 is 5.97 Å². The Morgan fingerprint density at radius 1 is 0.783 bits per heavy atom. The number of hydrogen-bond acceptors (Lipinski definition) is 8. The monoisotopic (exact) mass is 1290 g/mol. The molecule has 2 heterocycles. The van der Waals surface area contributed by atoms with Crippen LogP contribution in [0, 0.1) is 32.6 Å². The smallest absolute Gasteiger partial charge is 0.334 e. The number of Topliss-reactive ketones (excluding diaryl/α,β-unsaturated/α-hetero) is 2. The first kappa shape index (κ1) is 86.5. The molecule has 1 aliphatic heterocycles. The van der Waals surface area contributed by atoms with Crippen molar-refractivity contribution < 1.29 is 37.5 Å². The third-order valence-electron chi connectivity index (χ3n) is 17.1. The second kappa shape index (κ2) is 46.5. The lowest BCUT2D eigenvalue weighted by molar-refractivity contribution is -0.905. The van der Waals surface area contributed by atoms with Gasteiger partial charge in [0.1, 0.15) is 35.2 Å². The predicted octanol–water partition coefficient (Wildman–Crippen LogP) is 22.3. The molecule has 6 rings (SSSR count). The maximum absolute atomic E-state index is 13.6. The Morgan fingerprint density at radius 2 is 1.38 bits per heavy atom.